The Kier molecular flexibility index (Phi) is 4.45. The second-order valence-corrected chi connectivity index (χ2v) is 11.5. The van der Waals surface area contributed by atoms with E-state index in [1.807, 2.05) is 0 Å². The molecular weight excluding hydrogens is 452 g/mol. The van der Waals surface area contributed by atoms with Gasteiger partial charge in [0.1, 0.15) is 5.82 Å². The van der Waals surface area contributed by atoms with E-state index in [9.17, 15) is 8.42 Å². The number of nitrogens with one attached hydrogen (secondary N) is 1. The van der Waals surface area contributed by atoms with Gasteiger partial charge in [0.2, 0.25) is 16.0 Å². The van der Waals surface area contributed by atoms with E-state index in [2.05, 4.69) is 20.3 Å². The Hall–Kier alpha value is -2.18. The maximum absolute atomic E-state index is 15.3. The van der Waals surface area contributed by atoms with Gasteiger partial charge in [-0.2, -0.15) is 4.98 Å². The minimum atomic E-state index is -3.26. The van der Waals surface area contributed by atoms with Gasteiger partial charge >= 0.3 is 0 Å². The third-order valence-electron chi connectivity index (χ3n) is 6.90. The normalized spacial score (nSPS) is 25.6. The van der Waals surface area contributed by atoms with Crippen molar-refractivity contribution in [2.45, 2.75) is 31.7 Å². The quantitative estimate of drug-likeness (QED) is 0.699. The first kappa shape index (κ1) is 19.2. The van der Waals surface area contributed by atoms with E-state index in [-0.39, 0.29) is 31.6 Å². The number of hydrogen-bond acceptors (Lipinski definition) is 8. The number of piperidine rings is 1. The summed E-state index contributed by atoms with van der Waals surface area (Å²) in [6.07, 6.45) is 3.89. The average molecular weight is 485 g/mol. The topological polar surface area (TPSA) is 94.6 Å². The van der Waals surface area contributed by atoms with Gasteiger partial charge in [0.05, 0.1) is 29.9 Å². The molecule has 0 amide bonds. The minimum Gasteiger partial charge on any atom is -0.351 e. The Morgan fingerprint density at radius 2 is 1.91 bits per heavy atom. The van der Waals surface area contributed by atoms with Gasteiger partial charge < -0.3 is 15.1 Å². The van der Waals surface area contributed by atoms with E-state index >= 15 is 8.78 Å². The molecule has 5 heterocycles. The number of sulfonamides is 1. The molecule has 33 heavy (non-hydrogen) atoms. The second kappa shape index (κ2) is 7.67. The number of fused-ring (bicyclic) bond motifs is 1. The molecule has 3 fully saturated rings. The lowest BCUT2D eigenvalue weighted by Gasteiger charge is -2.48. The number of nitrogens with zero attached hydrogens (tertiary/aromatic N) is 6. The van der Waals surface area contributed by atoms with Crippen molar-refractivity contribution in [1.82, 2.24) is 24.2 Å². The van der Waals surface area contributed by atoms with Crippen LogP contribution in [-0.4, -0.2) is 97.0 Å². The number of hydrogen-bond donors (Lipinski definition) is 1. The zero-order valence-corrected chi connectivity index (χ0v) is 19.4. The van der Waals surface area contributed by atoms with Crippen LogP contribution in [0.3, 0.4) is 0 Å². The molecule has 12 heteroatoms. The van der Waals surface area contributed by atoms with Crippen LogP contribution in [-0.2, 0) is 10.0 Å². The van der Waals surface area contributed by atoms with Crippen molar-refractivity contribution in [1.29, 1.82) is 0 Å². The fourth-order valence-electron chi connectivity index (χ4n) is 5.05. The Morgan fingerprint density at radius 1 is 1.18 bits per heavy atom. The Labute approximate surface area is 196 Å². The molecule has 9 nitrogen and oxygen atoms in total. The maximum atomic E-state index is 15.3. The third-order valence-corrected chi connectivity index (χ3v) is 8.20. The van der Waals surface area contributed by atoms with E-state index in [0.29, 0.717) is 48.3 Å². The molecule has 1 N–H and O–H groups in total. The molecule has 3 saturated heterocycles. The number of rotatable bonds is 4. The number of halogens is 2. The van der Waals surface area contributed by atoms with Gasteiger partial charge in [-0.1, -0.05) is 0 Å². The van der Waals surface area contributed by atoms with Crippen molar-refractivity contribution >= 4 is 32.7 Å². The zero-order valence-electron chi connectivity index (χ0n) is 21.6. The number of aromatic nitrogens is 3. The van der Waals surface area contributed by atoms with Crippen LogP contribution in [0.2, 0.25) is 0 Å². The van der Waals surface area contributed by atoms with Crippen LogP contribution in [0.1, 0.15) is 22.6 Å². The van der Waals surface area contributed by atoms with Crippen LogP contribution in [0.5, 0.6) is 0 Å². The minimum absolute atomic E-state index is 0.0216. The number of anilines is 2. The molecule has 0 unspecified atom stereocenters. The number of likely N-dealkylation sites (tertiary alicyclic amines) is 1. The first-order valence-corrected chi connectivity index (χ1v) is 12.8. The number of alkyl halides is 2. The number of pyridine rings is 1. The second-order valence-electron chi connectivity index (χ2n) is 9.49. The summed E-state index contributed by atoms with van der Waals surface area (Å²) in [6.45, 7) is -0.861. The molecule has 2 aromatic heterocycles. The Bertz CT molecular complexity index is 1280. The largest absolute Gasteiger partial charge is 0.351 e. The van der Waals surface area contributed by atoms with Crippen LogP contribution >= 0.6 is 0 Å². The van der Waals surface area contributed by atoms with Crippen molar-refractivity contribution < 1.29 is 21.3 Å². The SMILES string of the molecule is [2H]C([2H])([2H])N1CC2(CN(c3nc(NC4CCN(S(C)(=O)=O)CC4)nc4cnc(C)cc34)CC2(F)F)C1. The molecule has 0 saturated carbocycles. The van der Waals surface area contributed by atoms with Crippen LogP contribution in [0.25, 0.3) is 10.9 Å². The highest BCUT2D eigenvalue weighted by Gasteiger charge is 2.65. The van der Waals surface area contributed by atoms with Crippen molar-refractivity contribution in [2.75, 3.05) is 62.7 Å². The molecule has 0 aromatic carbocycles. The van der Waals surface area contributed by atoms with E-state index in [4.69, 9.17) is 4.11 Å². The molecule has 0 radical (unpaired) electrons. The lowest BCUT2D eigenvalue weighted by Crippen LogP contribution is -2.63. The van der Waals surface area contributed by atoms with Crippen LogP contribution < -0.4 is 10.2 Å². The van der Waals surface area contributed by atoms with Crippen LogP contribution in [0.4, 0.5) is 20.5 Å². The van der Waals surface area contributed by atoms with E-state index in [1.54, 1.807) is 19.2 Å². The summed E-state index contributed by atoms with van der Waals surface area (Å²) in [7, 11) is -3.26. The van der Waals surface area contributed by atoms with Gasteiger partial charge in [-0.05, 0) is 32.8 Å². The molecule has 3 aliphatic heterocycles. The van der Waals surface area contributed by atoms with Crippen molar-refractivity contribution in [3.63, 3.8) is 0 Å². The third kappa shape index (κ3) is 4.01. The summed E-state index contributed by atoms with van der Waals surface area (Å²) in [5, 5.41) is 3.85. The lowest BCUT2D eigenvalue weighted by atomic mass is 9.76. The molecule has 0 bridgehead atoms. The summed E-state index contributed by atoms with van der Waals surface area (Å²) in [5.41, 5.74) is -0.255. The summed E-state index contributed by atoms with van der Waals surface area (Å²) < 4.78 is 78.1. The highest BCUT2D eigenvalue weighted by atomic mass is 32.2. The van der Waals surface area contributed by atoms with Crippen molar-refractivity contribution in [3.05, 3.63) is 18.0 Å². The fourth-order valence-corrected chi connectivity index (χ4v) is 5.92. The molecule has 1 spiro atoms. The fraction of sp³-hybridized carbons (Fsp3) is 0.667. The molecule has 3 aliphatic rings. The smallest absolute Gasteiger partial charge is 0.274 e. The van der Waals surface area contributed by atoms with Crippen LogP contribution in [0, 0.1) is 12.3 Å². The van der Waals surface area contributed by atoms with Crippen molar-refractivity contribution in [3.8, 4) is 0 Å². The highest BCUT2D eigenvalue weighted by Crippen LogP contribution is 2.50. The zero-order chi connectivity index (χ0) is 26.1. The van der Waals surface area contributed by atoms with Crippen molar-refractivity contribution in [2.24, 2.45) is 5.41 Å². The van der Waals surface area contributed by atoms with Gasteiger partial charge in [-0.25, -0.2) is 26.5 Å². The Balaban J connectivity index is 1.42. The molecule has 180 valence electrons. The first-order valence-electron chi connectivity index (χ1n) is 12.4. The average Bonchev–Trinajstić information content (AvgIpc) is 3.02. The van der Waals surface area contributed by atoms with E-state index < -0.39 is 34.9 Å². The van der Waals surface area contributed by atoms with Gasteiger partial charge in [0.25, 0.3) is 5.92 Å². The molecule has 2 aromatic rings. The first-order chi connectivity index (χ1) is 16.7. The predicted molar refractivity (Wildman–Crippen MR) is 122 cm³/mol. The molecule has 0 aliphatic carbocycles. The molecular formula is C21H29F2N7O2S. The standard InChI is InChI=1S/C21H29F2N7O2S/c1-14-8-16-17(9-24-14)26-19(25-15-4-6-30(7-5-15)33(3,31)32)27-18(16)29-12-20(10-28(2)11-20)21(22,23)13-29/h8-9,15H,4-7,10-13H2,1-3H3,(H,25,26,27)/i2D3. The van der Waals surface area contributed by atoms with Gasteiger partial charge in [0, 0.05) is 54.0 Å². The summed E-state index contributed by atoms with van der Waals surface area (Å²) >= 11 is 0. The summed E-state index contributed by atoms with van der Waals surface area (Å²) in [6, 6.07) is 1.69. The van der Waals surface area contributed by atoms with E-state index in [1.165, 1.54) is 15.5 Å². The Morgan fingerprint density at radius 3 is 2.58 bits per heavy atom. The lowest BCUT2D eigenvalue weighted by molar-refractivity contribution is -0.149. The summed E-state index contributed by atoms with van der Waals surface area (Å²) in [5.74, 6) is -2.46. The maximum Gasteiger partial charge on any atom is 0.274 e. The van der Waals surface area contributed by atoms with Gasteiger partial charge in [0.15, 0.2) is 0 Å². The van der Waals surface area contributed by atoms with Gasteiger partial charge in [-0.3, -0.25) is 4.98 Å². The van der Waals surface area contributed by atoms with Gasteiger partial charge in [-0.15, -0.1) is 0 Å². The van der Waals surface area contributed by atoms with E-state index in [0.717, 1.165) is 4.90 Å². The number of aryl methyl sites for hydroxylation is 1. The molecule has 5 rings (SSSR count). The summed E-state index contributed by atoms with van der Waals surface area (Å²) in [4.78, 5) is 16.1. The van der Waals surface area contributed by atoms with Crippen LogP contribution in [0.15, 0.2) is 12.3 Å². The highest BCUT2D eigenvalue weighted by molar-refractivity contribution is 7.88. The predicted octanol–water partition coefficient (Wildman–Crippen LogP) is 1.56. The molecule has 0 atom stereocenters. The monoisotopic (exact) mass is 484 g/mol.